The summed E-state index contributed by atoms with van der Waals surface area (Å²) in [5.74, 6) is 1.97. The lowest BCUT2D eigenvalue weighted by molar-refractivity contribution is -0.117. The second-order valence-corrected chi connectivity index (χ2v) is 14.2. The van der Waals surface area contributed by atoms with Gasteiger partial charge in [0.25, 0.3) is 0 Å². The molecule has 1 unspecified atom stereocenters. The Kier molecular flexibility index (Phi) is 7.04. The number of benzene rings is 2. The van der Waals surface area contributed by atoms with E-state index in [0.717, 1.165) is 41.5 Å². The number of rotatable bonds is 10. The van der Waals surface area contributed by atoms with Crippen LogP contribution in [0, 0.1) is 11.3 Å². The number of Topliss-reactive ketones (excluding diaryl/α,β-unsaturated/α-hetero) is 1. The van der Waals surface area contributed by atoms with Gasteiger partial charge in [0.15, 0.2) is 0 Å². The van der Waals surface area contributed by atoms with Crippen molar-refractivity contribution in [2.45, 2.75) is 84.5 Å². The van der Waals surface area contributed by atoms with Crippen LogP contribution in [0.15, 0.2) is 64.1 Å². The molecular formula is C36H43N3O2. The first-order valence-electron chi connectivity index (χ1n) is 15.2. The van der Waals surface area contributed by atoms with Crippen molar-refractivity contribution in [2.75, 3.05) is 18.5 Å². The number of fused-ring (bicyclic) bond motifs is 3. The molecule has 1 atom stereocenters. The molecule has 214 valence electrons. The molecular weight excluding hydrogens is 506 g/mol. The highest BCUT2D eigenvalue weighted by molar-refractivity contribution is 6.06. The average molecular weight is 550 g/mol. The first-order valence-corrected chi connectivity index (χ1v) is 15.2. The summed E-state index contributed by atoms with van der Waals surface area (Å²) in [5.41, 5.74) is 9.64. The summed E-state index contributed by atoms with van der Waals surface area (Å²) in [6.45, 7) is 12.1. The van der Waals surface area contributed by atoms with Crippen LogP contribution in [0.3, 0.4) is 0 Å². The van der Waals surface area contributed by atoms with Gasteiger partial charge in [0.2, 0.25) is 0 Å². The van der Waals surface area contributed by atoms with Crippen molar-refractivity contribution >= 4 is 22.9 Å². The molecule has 5 heteroatoms. The second kappa shape index (κ2) is 10.4. The number of aromatic nitrogens is 1. The summed E-state index contributed by atoms with van der Waals surface area (Å²) in [5, 5.41) is 4.09. The SMILES string of the molecule is CC(C)CC1(CN(C)c2ccc3c(c2)CC2=NC(c4ccc(CC(=O)Cc5cc(C(C)(C)C)on5)cc4)=CC23)CC1. The third-order valence-corrected chi connectivity index (χ3v) is 8.92. The fourth-order valence-electron chi connectivity index (χ4n) is 6.67. The van der Waals surface area contributed by atoms with E-state index in [1.165, 1.54) is 41.8 Å². The maximum absolute atomic E-state index is 12.7. The van der Waals surface area contributed by atoms with E-state index in [0.29, 0.717) is 17.5 Å². The first kappa shape index (κ1) is 27.7. The van der Waals surface area contributed by atoms with Gasteiger partial charge in [-0.25, -0.2) is 0 Å². The van der Waals surface area contributed by atoms with Crippen LogP contribution in [0.5, 0.6) is 0 Å². The first-order chi connectivity index (χ1) is 19.5. The van der Waals surface area contributed by atoms with E-state index in [9.17, 15) is 4.79 Å². The highest BCUT2D eigenvalue weighted by Gasteiger charge is 2.43. The fourth-order valence-corrected chi connectivity index (χ4v) is 6.67. The normalized spacial score (nSPS) is 18.7. The van der Waals surface area contributed by atoms with E-state index in [4.69, 9.17) is 9.52 Å². The summed E-state index contributed by atoms with van der Waals surface area (Å²) >= 11 is 0. The van der Waals surface area contributed by atoms with Gasteiger partial charge in [-0.3, -0.25) is 9.79 Å². The zero-order valence-electron chi connectivity index (χ0n) is 25.5. The molecule has 41 heavy (non-hydrogen) atoms. The van der Waals surface area contributed by atoms with Crippen LogP contribution >= 0.6 is 0 Å². The molecule has 0 saturated heterocycles. The zero-order chi connectivity index (χ0) is 28.9. The Morgan fingerprint density at radius 2 is 1.83 bits per heavy atom. The third-order valence-electron chi connectivity index (χ3n) is 8.92. The van der Waals surface area contributed by atoms with Crippen molar-refractivity contribution in [3.05, 3.63) is 88.3 Å². The van der Waals surface area contributed by atoms with Crippen molar-refractivity contribution < 1.29 is 9.32 Å². The van der Waals surface area contributed by atoms with Crippen LogP contribution in [0.2, 0.25) is 0 Å². The van der Waals surface area contributed by atoms with Gasteiger partial charge >= 0.3 is 0 Å². The highest BCUT2D eigenvalue weighted by atomic mass is 16.5. The minimum absolute atomic E-state index is 0.116. The Hall–Kier alpha value is -3.47. The molecule has 2 heterocycles. The third kappa shape index (κ3) is 5.95. The molecule has 6 rings (SSSR count). The van der Waals surface area contributed by atoms with Gasteiger partial charge in [-0.05, 0) is 71.1 Å². The molecule has 1 aliphatic heterocycles. The zero-order valence-corrected chi connectivity index (χ0v) is 25.5. The van der Waals surface area contributed by atoms with Crippen LogP contribution in [0.1, 0.15) is 93.5 Å². The number of nitrogens with zero attached hydrogens (tertiary/aromatic N) is 3. The lowest BCUT2D eigenvalue weighted by atomic mass is 9.93. The van der Waals surface area contributed by atoms with Crippen molar-refractivity contribution in [3.8, 4) is 0 Å². The molecule has 0 amide bonds. The van der Waals surface area contributed by atoms with Gasteiger partial charge in [-0.15, -0.1) is 0 Å². The predicted octanol–water partition coefficient (Wildman–Crippen LogP) is 7.72. The summed E-state index contributed by atoms with van der Waals surface area (Å²) in [6, 6.07) is 17.2. The molecule has 5 nitrogen and oxygen atoms in total. The number of anilines is 1. The molecule has 0 N–H and O–H groups in total. The lowest BCUT2D eigenvalue weighted by Gasteiger charge is -2.27. The standard InChI is InChI=1S/C36H43N3O2/c1-23(2)21-36(13-14-36)22-39(6)28-11-12-30-26(16-28)17-33-31(30)20-32(37-33)25-9-7-24(8-10-25)15-29(40)18-27-19-34(41-38-27)35(3,4)5/h7-12,16,19-20,23,31H,13-15,17-18,21-22H2,1-6H3. The topological polar surface area (TPSA) is 58.7 Å². The molecule has 0 radical (unpaired) electrons. The summed E-state index contributed by atoms with van der Waals surface area (Å²) < 4.78 is 5.43. The van der Waals surface area contributed by atoms with Crippen molar-refractivity contribution in [3.63, 3.8) is 0 Å². The molecule has 1 saturated carbocycles. The van der Waals surface area contributed by atoms with Crippen molar-refractivity contribution in [1.82, 2.24) is 5.16 Å². The van der Waals surface area contributed by atoms with Gasteiger partial charge in [-0.2, -0.15) is 0 Å². The Morgan fingerprint density at radius 1 is 1.07 bits per heavy atom. The minimum Gasteiger partial charge on any atom is -0.374 e. The largest absolute Gasteiger partial charge is 0.374 e. The second-order valence-electron chi connectivity index (χ2n) is 14.2. The van der Waals surface area contributed by atoms with E-state index in [1.54, 1.807) is 0 Å². The maximum atomic E-state index is 12.7. The molecule has 2 aliphatic carbocycles. The van der Waals surface area contributed by atoms with Crippen LogP contribution in [0.4, 0.5) is 5.69 Å². The number of allylic oxidation sites excluding steroid dienone is 1. The van der Waals surface area contributed by atoms with Gasteiger partial charge in [-0.1, -0.05) is 70.1 Å². The fraction of sp³-hybridized carbons (Fsp3) is 0.472. The number of ketones is 1. The van der Waals surface area contributed by atoms with Gasteiger partial charge < -0.3 is 9.42 Å². The van der Waals surface area contributed by atoms with Crippen LogP contribution in [-0.2, 0) is 29.5 Å². The quantitative estimate of drug-likeness (QED) is 0.260. The van der Waals surface area contributed by atoms with Crippen molar-refractivity contribution in [1.29, 1.82) is 0 Å². The summed E-state index contributed by atoms with van der Waals surface area (Å²) in [6.07, 6.45) is 7.97. The van der Waals surface area contributed by atoms with E-state index in [2.05, 4.69) is 88.1 Å². The van der Waals surface area contributed by atoms with Crippen molar-refractivity contribution in [2.24, 2.45) is 16.3 Å². The summed E-state index contributed by atoms with van der Waals surface area (Å²) in [4.78, 5) is 20.2. The van der Waals surface area contributed by atoms with Gasteiger partial charge in [0.1, 0.15) is 11.5 Å². The molecule has 0 spiro atoms. The number of aliphatic imine (C=N–C) groups is 1. The maximum Gasteiger partial charge on any atom is 0.143 e. The van der Waals surface area contributed by atoms with E-state index < -0.39 is 0 Å². The van der Waals surface area contributed by atoms with Gasteiger partial charge in [0.05, 0.1) is 17.8 Å². The lowest BCUT2D eigenvalue weighted by Crippen LogP contribution is -2.27. The van der Waals surface area contributed by atoms with Gasteiger partial charge in [0, 0.05) is 55.2 Å². The number of carbonyl (C=O) groups excluding carboxylic acids is 1. The number of carbonyl (C=O) groups is 1. The van der Waals surface area contributed by atoms with E-state index in [-0.39, 0.29) is 23.5 Å². The Labute approximate surface area is 244 Å². The Balaban J connectivity index is 1.08. The highest BCUT2D eigenvalue weighted by Crippen LogP contribution is 2.51. The molecule has 3 aliphatic rings. The molecule has 1 aromatic heterocycles. The Bertz CT molecular complexity index is 1510. The molecule has 0 bridgehead atoms. The van der Waals surface area contributed by atoms with Crippen LogP contribution in [0.25, 0.3) is 5.70 Å². The minimum atomic E-state index is -0.116. The molecule has 2 aromatic carbocycles. The summed E-state index contributed by atoms with van der Waals surface area (Å²) in [7, 11) is 2.25. The van der Waals surface area contributed by atoms with Crippen LogP contribution < -0.4 is 4.90 Å². The predicted molar refractivity (Wildman–Crippen MR) is 167 cm³/mol. The number of hydrogen-bond acceptors (Lipinski definition) is 5. The monoisotopic (exact) mass is 549 g/mol. The van der Waals surface area contributed by atoms with E-state index >= 15 is 0 Å². The number of hydrogen-bond donors (Lipinski definition) is 0. The molecule has 3 aromatic rings. The van der Waals surface area contributed by atoms with E-state index in [1.807, 2.05) is 18.2 Å². The average Bonchev–Trinajstić information content (AvgIpc) is 3.22. The Morgan fingerprint density at radius 3 is 2.49 bits per heavy atom. The molecule has 1 fully saturated rings. The smallest absolute Gasteiger partial charge is 0.143 e. The van der Waals surface area contributed by atoms with Crippen LogP contribution in [-0.4, -0.2) is 30.2 Å².